The second kappa shape index (κ2) is 5.28. The van der Waals surface area contributed by atoms with E-state index in [9.17, 15) is 17.2 Å². The fourth-order valence-electron chi connectivity index (χ4n) is 2.93. The van der Waals surface area contributed by atoms with Crippen LogP contribution in [-0.2, 0) is 21.4 Å². The van der Waals surface area contributed by atoms with Crippen LogP contribution >= 0.6 is 0 Å². The van der Waals surface area contributed by atoms with Gasteiger partial charge in [0.2, 0.25) is 10.0 Å². The Bertz CT molecular complexity index is 664. The molecule has 1 aromatic rings. The van der Waals surface area contributed by atoms with E-state index in [4.69, 9.17) is 9.84 Å². The van der Waals surface area contributed by atoms with Crippen molar-refractivity contribution in [2.24, 2.45) is 0 Å². The maximum absolute atomic E-state index is 13.8. The summed E-state index contributed by atoms with van der Waals surface area (Å²) in [5, 5.41) is 8.99. The van der Waals surface area contributed by atoms with E-state index in [2.05, 4.69) is 4.72 Å². The molecule has 5 nitrogen and oxygen atoms in total. The molecule has 3 atom stereocenters. The molecule has 3 unspecified atom stereocenters. The number of benzene rings is 1. The zero-order chi connectivity index (χ0) is 15.2. The number of aliphatic hydroxyl groups is 1. The highest BCUT2D eigenvalue weighted by Crippen LogP contribution is 2.35. The van der Waals surface area contributed by atoms with Crippen LogP contribution in [0.3, 0.4) is 0 Å². The number of ether oxygens (including phenoxy) is 1. The first-order valence-corrected chi connectivity index (χ1v) is 8.15. The molecule has 0 saturated carbocycles. The summed E-state index contributed by atoms with van der Waals surface area (Å²) in [6.07, 6.45) is 2.01. The van der Waals surface area contributed by atoms with Crippen molar-refractivity contribution in [2.45, 2.75) is 49.0 Å². The highest BCUT2D eigenvalue weighted by atomic mass is 32.2. The molecule has 1 aromatic carbocycles. The van der Waals surface area contributed by atoms with Crippen molar-refractivity contribution in [1.82, 2.24) is 4.72 Å². The first-order chi connectivity index (χ1) is 9.90. The molecular weight excluding hydrogens is 304 g/mol. The second-order valence-corrected chi connectivity index (χ2v) is 7.07. The topological polar surface area (TPSA) is 75.6 Å². The van der Waals surface area contributed by atoms with E-state index in [0.717, 1.165) is 25.0 Å². The highest BCUT2D eigenvalue weighted by Gasteiger charge is 2.43. The van der Waals surface area contributed by atoms with Gasteiger partial charge in [-0.05, 0) is 37.0 Å². The first kappa shape index (κ1) is 14.8. The molecule has 8 heteroatoms. The minimum atomic E-state index is -4.21. The third kappa shape index (κ3) is 2.68. The van der Waals surface area contributed by atoms with E-state index in [1.165, 1.54) is 0 Å². The predicted molar refractivity (Wildman–Crippen MR) is 68.9 cm³/mol. The zero-order valence-electron chi connectivity index (χ0n) is 11.1. The minimum Gasteiger partial charge on any atom is -0.392 e. The highest BCUT2D eigenvalue weighted by molar-refractivity contribution is 7.89. The van der Waals surface area contributed by atoms with E-state index in [1.807, 2.05) is 0 Å². The van der Waals surface area contributed by atoms with Gasteiger partial charge in [0.1, 0.15) is 4.90 Å². The van der Waals surface area contributed by atoms with E-state index < -0.39 is 39.2 Å². The molecule has 2 saturated heterocycles. The normalized spacial score (nSPS) is 28.2. The molecule has 2 bridgehead atoms. The third-order valence-corrected chi connectivity index (χ3v) is 5.43. The van der Waals surface area contributed by atoms with E-state index in [0.29, 0.717) is 6.42 Å². The van der Waals surface area contributed by atoms with Gasteiger partial charge in [0.25, 0.3) is 0 Å². The van der Waals surface area contributed by atoms with Gasteiger partial charge in [0, 0.05) is 0 Å². The van der Waals surface area contributed by atoms with Crippen LogP contribution < -0.4 is 4.72 Å². The SMILES string of the molecule is O=S(=O)(NC1CC2CCC1O2)c1cc(CO)cc(F)c1F. The van der Waals surface area contributed by atoms with Crippen LogP contribution in [0.25, 0.3) is 0 Å². The Morgan fingerprint density at radius 3 is 2.67 bits per heavy atom. The molecule has 0 aliphatic carbocycles. The fraction of sp³-hybridized carbons (Fsp3) is 0.538. The Kier molecular flexibility index (Phi) is 3.73. The van der Waals surface area contributed by atoms with Crippen molar-refractivity contribution in [1.29, 1.82) is 0 Å². The van der Waals surface area contributed by atoms with Crippen LogP contribution in [0.2, 0.25) is 0 Å². The van der Waals surface area contributed by atoms with Crippen LogP contribution in [-0.4, -0.2) is 31.8 Å². The van der Waals surface area contributed by atoms with Crippen LogP contribution in [0.15, 0.2) is 17.0 Å². The van der Waals surface area contributed by atoms with Gasteiger partial charge in [-0.15, -0.1) is 0 Å². The average Bonchev–Trinajstić information content (AvgIpc) is 3.03. The second-order valence-electron chi connectivity index (χ2n) is 5.39. The summed E-state index contributed by atoms with van der Waals surface area (Å²) < 4.78 is 59.6. The summed E-state index contributed by atoms with van der Waals surface area (Å²) >= 11 is 0. The summed E-state index contributed by atoms with van der Waals surface area (Å²) in [5.41, 5.74) is -0.00142. The van der Waals surface area contributed by atoms with Crippen molar-refractivity contribution in [3.63, 3.8) is 0 Å². The Morgan fingerprint density at radius 2 is 2.10 bits per heavy atom. The van der Waals surface area contributed by atoms with Gasteiger partial charge >= 0.3 is 0 Å². The molecule has 116 valence electrons. The lowest BCUT2D eigenvalue weighted by Gasteiger charge is -2.20. The standard InChI is InChI=1S/C13H15F2NO4S/c14-9-3-7(6-17)4-12(13(9)15)21(18,19)16-10-5-8-1-2-11(10)20-8/h3-4,8,10-11,16-17H,1-2,5-6H2. The molecule has 3 rings (SSSR count). The molecule has 2 fully saturated rings. The van der Waals surface area contributed by atoms with Crippen molar-refractivity contribution < 1.29 is 27.0 Å². The van der Waals surface area contributed by atoms with E-state index >= 15 is 0 Å². The van der Waals surface area contributed by atoms with Gasteiger partial charge in [-0.3, -0.25) is 0 Å². The van der Waals surface area contributed by atoms with Crippen LogP contribution in [0, 0.1) is 11.6 Å². The van der Waals surface area contributed by atoms with Gasteiger partial charge in [0.15, 0.2) is 11.6 Å². The van der Waals surface area contributed by atoms with Crippen molar-refractivity contribution in [3.8, 4) is 0 Å². The van der Waals surface area contributed by atoms with Crippen molar-refractivity contribution in [3.05, 3.63) is 29.3 Å². The van der Waals surface area contributed by atoms with Gasteiger partial charge in [-0.25, -0.2) is 21.9 Å². The van der Waals surface area contributed by atoms with Gasteiger partial charge < -0.3 is 9.84 Å². The maximum Gasteiger partial charge on any atom is 0.243 e. The maximum atomic E-state index is 13.8. The smallest absolute Gasteiger partial charge is 0.243 e. The first-order valence-electron chi connectivity index (χ1n) is 6.67. The lowest BCUT2D eigenvalue weighted by molar-refractivity contribution is 0.0996. The van der Waals surface area contributed by atoms with Gasteiger partial charge in [-0.2, -0.15) is 0 Å². The predicted octanol–water partition coefficient (Wildman–Crippen LogP) is 1.06. The number of aliphatic hydroxyl groups excluding tert-OH is 1. The molecule has 0 spiro atoms. The monoisotopic (exact) mass is 319 g/mol. The van der Waals surface area contributed by atoms with Crippen LogP contribution in [0.5, 0.6) is 0 Å². The molecule has 0 aromatic heterocycles. The van der Waals surface area contributed by atoms with E-state index in [1.54, 1.807) is 0 Å². The molecule has 2 N–H and O–H groups in total. The summed E-state index contributed by atoms with van der Waals surface area (Å²) in [6.45, 7) is -0.572. The molecule has 0 amide bonds. The summed E-state index contributed by atoms with van der Waals surface area (Å²) in [6, 6.07) is 1.29. The van der Waals surface area contributed by atoms with Crippen molar-refractivity contribution >= 4 is 10.0 Å². The fourth-order valence-corrected chi connectivity index (χ4v) is 4.34. The summed E-state index contributed by atoms with van der Waals surface area (Å²) in [4.78, 5) is -0.783. The van der Waals surface area contributed by atoms with Crippen molar-refractivity contribution in [2.75, 3.05) is 0 Å². The van der Waals surface area contributed by atoms with Gasteiger partial charge in [0.05, 0.1) is 24.9 Å². The third-order valence-electron chi connectivity index (χ3n) is 3.94. The number of halogens is 2. The lowest BCUT2D eigenvalue weighted by Crippen LogP contribution is -2.41. The Hall–Kier alpha value is -1.09. The average molecular weight is 319 g/mol. The van der Waals surface area contributed by atoms with E-state index in [-0.39, 0.29) is 17.8 Å². The summed E-state index contributed by atoms with van der Waals surface area (Å²) in [5.74, 6) is -2.74. The van der Waals surface area contributed by atoms with Crippen LogP contribution in [0.4, 0.5) is 8.78 Å². The minimum absolute atomic E-state index is 0.00142. The van der Waals surface area contributed by atoms with Gasteiger partial charge in [-0.1, -0.05) is 0 Å². The quantitative estimate of drug-likeness (QED) is 0.870. The number of hydrogen-bond donors (Lipinski definition) is 2. The molecular formula is C13H15F2NO4S. The van der Waals surface area contributed by atoms with Crippen LogP contribution in [0.1, 0.15) is 24.8 Å². The number of fused-ring (bicyclic) bond motifs is 2. The molecule has 21 heavy (non-hydrogen) atoms. The molecule has 2 heterocycles. The number of rotatable bonds is 4. The Labute approximate surface area is 121 Å². The number of nitrogens with one attached hydrogen (secondary N) is 1. The molecule has 2 aliphatic rings. The number of sulfonamides is 1. The number of hydrogen-bond acceptors (Lipinski definition) is 4. The zero-order valence-corrected chi connectivity index (χ0v) is 11.9. The summed E-state index contributed by atoms with van der Waals surface area (Å²) in [7, 11) is -4.21. The largest absolute Gasteiger partial charge is 0.392 e. The molecule has 0 radical (unpaired) electrons. The molecule has 2 aliphatic heterocycles. The lowest BCUT2D eigenvalue weighted by atomic mass is 9.96. The Balaban J connectivity index is 1.89. The Morgan fingerprint density at radius 1 is 1.33 bits per heavy atom.